The quantitative estimate of drug-likeness (QED) is 0.667. The molecule has 0 saturated heterocycles. The van der Waals surface area contributed by atoms with Crippen LogP contribution in [0.5, 0.6) is 11.5 Å². The number of ether oxygens (including phenoxy) is 2. The summed E-state index contributed by atoms with van der Waals surface area (Å²) in [6.45, 7) is 1.74. The molecule has 2 aromatic carbocycles. The van der Waals surface area contributed by atoms with Crippen LogP contribution in [0.25, 0.3) is 11.4 Å². The third-order valence-electron chi connectivity index (χ3n) is 3.69. The molecule has 1 atom stereocenters. The van der Waals surface area contributed by atoms with Crippen LogP contribution in [0.2, 0.25) is 5.02 Å². The fourth-order valence-corrected chi connectivity index (χ4v) is 2.49. The fraction of sp³-hybridized carbons (Fsp3) is 0.211. The molecule has 0 aliphatic heterocycles. The molecule has 0 spiro atoms. The second kappa shape index (κ2) is 8.55. The van der Waals surface area contributed by atoms with E-state index in [0.29, 0.717) is 22.3 Å². The van der Waals surface area contributed by atoms with Crippen molar-refractivity contribution in [1.29, 1.82) is 0 Å². The molecule has 8 heteroatoms. The lowest BCUT2D eigenvalue weighted by atomic mass is 10.2. The predicted molar refractivity (Wildman–Crippen MR) is 99.7 cm³/mol. The molecule has 0 bridgehead atoms. The number of amides is 1. The molecule has 0 aliphatic carbocycles. The molecule has 0 saturated carbocycles. The SMILES string of the molecule is COc1cccc(-c2noc(CNC(=O)C(C)Oc3cccc(Cl)c3)n2)c1. The molecule has 140 valence electrons. The first kappa shape index (κ1) is 18.7. The first-order chi connectivity index (χ1) is 13.0. The molecule has 1 aromatic heterocycles. The average Bonchev–Trinajstić information content (AvgIpc) is 3.15. The monoisotopic (exact) mass is 387 g/mol. The highest BCUT2D eigenvalue weighted by Gasteiger charge is 2.16. The molecule has 1 amide bonds. The van der Waals surface area contributed by atoms with E-state index in [0.717, 1.165) is 5.56 Å². The molecule has 27 heavy (non-hydrogen) atoms. The van der Waals surface area contributed by atoms with Gasteiger partial charge in [-0.1, -0.05) is 35.0 Å². The zero-order valence-corrected chi connectivity index (χ0v) is 15.6. The lowest BCUT2D eigenvalue weighted by Gasteiger charge is -2.14. The maximum atomic E-state index is 12.2. The highest BCUT2D eigenvalue weighted by Crippen LogP contribution is 2.21. The van der Waals surface area contributed by atoms with E-state index in [1.807, 2.05) is 18.2 Å². The van der Waals surface area contributed by atoms with Crippen LogP contribution in [0.1, 0.15) is 12.8 Å². The Kier molecular flexibility index (Phi) is 5.93. The van der Waals surface area contributed by atoms with Crippen molar-refractivity contribution in [2.24, 2.45) is 0 Å². The van der Waals surface area contributed by atoms with E-state index >= 15 is 0 Å². The van der Waals surface area contributed by atoms with Gasteiger partial charge in [-0.15, -0.1) is 0 Å². The van der Waals surface area contributed by atoms with Gasteiger partial charge in [0.2, 0.25) is 11.7 Å². The Morgan fingerprint density at radius 1 is 1.22 bits per heavy atom. The molecule has 0 radical (unpaired) electrons. The van der Waals surface area contributed by atoms with E-state index < -0.39 is 6.10 Å². The van der Waals surface area contributed by atoms with E-state index in [1.165, 1.54) is 0 Å². The van der Waals surface area contributed by atoms with Gasteiger partial charge in [-0.2, -0.15) is 4.98 Å². The molecular weight excluding hydrogens is 370 g/mol. The Hall–Kier alpha value is -3.06. The minimum atomic E-state index is -0.704. The van der Waals surface area contributed by atoms with Crippen LogP contribution in [0, 0.1) is 0 Å². The standard InChI is InChI=1S/C19H18ClN3O4/c1-12(26-16-8-4-6-14(20)10-16)19(24)21-11-17-22-18(23-27-17)13-5-3-7-15(9-13)25-2/h3-10,12H,11H2,1-2H3,(H,21,24). The number of aromatic nitrogens is 2. The van der Waals surface area contributed by atoms with Gasteiger partial charge in [-0.25, -0.2) is 0 Å². The molecule has 1 N–H and O–H groups in total. The van der Waals surface area contributed by atoms with Gasteiger partial charge >= 0.3 is 0 Å². The van der Waals surface area contributed by atoms with Gasteiger partial charge in [0.15, 0.2) is 6.10 Å². The number of rotatable bonds is 7. The highest BCUT2D eigenvalue weighted by molar-refractivity contribution is 6.30. The number of hydrogen-bond acceptors (Lipinski definition) is 6. The summed E-state index contributed by atoms with van der Waals surface area (Å²) in [5.74, 6) is 1.61. The second-order valence-electron chi connectivity index (χ2n) is 5.68. The minimum Gasteiger partial charge on any atom is -0.497 e. The highest BCUT2D eigenvalue weighted by atomic mass is 35.5. The Labute approximate surface area is 161 Å². The molecule has 3 rings (SSSR count). The van der Waals surface area contributed by atoms with Crippen LogP contribution in [0.4, 0.5) is 0 Å². The summed E-state index contributed by atoms with van der Waals surface area (Å²) in [5.41, 5.74) is 0.758. The van der Waals surface area contributed by atoms with Crippen molar-refractivity contribution in [1.82, 2.24) is 15.5 Å². The van der Waals surface area contributed by atoms with Gasteiger partial charge in [0.25, 0.3) is 5.91 Å². The summed E-state index contributed by atoms with van der Waals surface area (Å²) >= 11 is 5.90. The van der Waals surface area contributed by atoms with E-state index in [-0.39, 0.29) is 18.3 Å². The normalized spacial score (nSPS) is 11.7. The van der Waals surface area contributed by atoms with E-state index in [2.05, 4.69) is 15.5 Å². The summed E-state index contributed by atoms with van der Waals surface area (Å²) in [4.78, 5) is 16.5. The molecule has 1 unspecified atom stereocenters. The van der Waals surface area contributed by atoms with Crippen LogP contribution >= 0.6 is 11.6 Å². The number of carbonyl (C=O) groups excluding carboxylic acids is 1. The molecular formula is C19H18ClN3O4. The van der Waals surface area contributed by atoms with Crippen LogP contribution in [0.15, 0.2) is 53.1 Å². The lowest BCUT2D eigenvalue weighted by Crippen LogP contribution is -2.35. The van der Waals surface area contributed by atoms with Crippen molar-refractivity contribution in [3.63, 3.8) is 0 Å². The average molecular weight is 388 g/mol. The first-order valence-electron chi connectivity index (χ1n) is 8.22. The van der Waals surface area contributed by atoms with Crippen molar-refractivity contribution < 1.29 is 18.8 Å². The maximum absolute atomic E-state index is 12.2. The number of methoxy groups -OCH3 is 1. The summed E-state index contributed by atoms with van der Waals surface area (Å²) in [6, 6.07) is 14.2. The van der Waals surface area contributed by atoms with Crippen LogP contribution in [0.3, 0.4) is 0 Å². The minimum absolute atomic E-state index is 0.0963. The molecule has 0 aliphatic rings. The maximum Gasteiger partial charge on any atom is 0.261 e. The van der Waals surface area contributed by atoms with Crippen LogP contribution in [-0.4, -0.2) is 29.3 Å². The largest absolute Gasteiger partial charge is 0.497 e. The van der Waals surface area contributed by atoms with Gasteiger partial charge in [0.05, 0.1) is 13.7 Å². The Morgan fingerprint density at radius 2 is 2.00 bits per heavy atom. The smallest absolute Gasteiger partial charge is 0.261 e. The summed E-state index contributed by atoms with van der Waals surface area (Å²) in [6.07, 6.45) is -0.704. The molecule has 3 aromatic rings. The first-order valence-corrected chi connectivity index (χ1v) is 8.60. The van der Waals surface area contributed by atoms with Crippen molar-refractivity contribution in [2.75, 3.05) is 7.11 Å². The Bertz CT molecular complexity index is 929. The van der Waals surface area contributed by atoms with Crippen molar-refractivity contribution >= 4 is 17.5 Å². The topological polar surface area (TPSA) is 86.5 Å². The number of carbonyl (C=O) groups is 1. The number of halogens is 1. The molecule has 1 heterocycles. The Balaban J connectivity index is 1.56. The third kappa shape index (κ3) is 4.98. The third-order valence-corrected chi connectivity index (χ3v) is 3.92. The fourth-order valence-electron chi connectivity index (χ4n) is 2.31. The number of nitrogens with zero attached hydrogens (tertiary/aromatic N) is 2. The van der Waals surface area contributed by atoms with E-state index in [9.17, 15) is 4.79 Å². The number of hydrogen-bond donors (Lipinski definition) is 1. The molecule has 0 fully saturated rings. The van der Waals surface area contributed by atoms with Crippen LogP contribution < -0.4 is 14.8 Å². The van der Waals surface area contributed by atoms with E-state index in [4.69, 9.17) is 25.6 Å². The number of nitrogens with one attached hydrogen (secondary N) is 1. The summed E-state index contributed by atoms with van der Waals surface area (Å²) in [5, 5.41) is 7.16. The predicted octanol–water partition coefficient (Wildman–Crippen LogP) is 3.48. The Morgan fingerprint density at radius 3 is 2.78 bits per heavy atom. The van der Waals surface area contributed by atoms with Crippen LogP contribution in [-0.2, 0) is 11.3 Å². The van der Waals surface area contributed by atoms with Gasteiger partial charge in [-0.3, -0.25) is 4.79 Å². The lowest BCUT2D eigenvalue weighted by molar-refractivity contribution is -0.127. The zero-order valence-electron chi connectivity index (χ0n) is 14.8. The van der Waals surface area contributed by atoms with Crippen molar-refractivity contribution in [3.8, 4) is 22.9 Å². The molecule has 7 nitrogen and oxygen atoms in total. The summed E-state index contributed by atoms with van der Waals surface area (Å²) in [7, 11) is 1.59. The van der Waals surface area contributed by atoms with Crippen molar-refractivity contribution in [3.05, 3.63) is 59.4 Å². The number of benzene rings is 2. The van der Waals surface area contributed by atoms with Gasteiger partial charge in [0, 0.05) is 10.6 Å². The van der Waals surface area contributed by atoms with E-state index in [1.54, 1.807) is 44.4 Å². The zero-order chi connectivity index (χ0) is 19.2. The van der Waals surface area contributed by atoms with Gasteiger partial charge in [0.1, 0.15) is 11.5 Å². The van der Waals surface area contributed by atoms with Gasteiger partial charge in [-0.05, 0) is 37.3 Å². The van der Waals surface area contributed by atoms with Crippen molar-refractivity contribution in [2.45, 2.75) is 19.6 Å². The second-order valence-corrected chi connectivity index (χ2v) is 6.12. The summed E-state index contributed by atoms with van der Waals surface area (Å²) < 4.78 is 15.9. The van der Waals surface area contributed by atoms with Gasteiger partial charge < -0.3 is 19.3 Å².